The summed E-state index contributed by atoms with van der Waals surface area (Å²) in [7, 11) is 0. The van der Waals surface area contributed by atoms with Gasteiger partial charge in [-0.1, -0.05) is 237 Å². The van der Waals surface area contributed by atoms with Gasteiger partial charge in [-0.05, 0) is 140 Å². The molecule has 0 fully saturated rings. The number of fused-ring (bicyclic) bond motifs is 11. The Morgan fingerprint density at radius 2 is 0.684 bits per heavy atom. The molecule has 0 unspecified atom stereocenters. The molecule has 16 rings (SSSR count). The van der Waals surface area contributed by atoms with E-state index in [1.807, 2.05) is 11.3 Å². The lowest BCUT2D eigenvalue weighted by Crippen LogP contribution is -1.95. The Hall–Kier alpha value is -9.60. The van der Waals surface area contributed by atoms with Crippen molar-refractivity contribution in [2.75, 3.05) is 0 Å². The Labute approximate surface area is 443 Å². The standard InChI is InChI=1S/C74H45NS/c1-2-18-47(19-3-1)70-57-22-6-8-24-59(57)71(60-25-9-7-23-58(60)70)48-35-39-53(40-36-48)75-67-32-15-14-21-54(67)55-41-37-50(44-68(55)75)51-38-42-56-65-30-16-31-66(74(65)76-69(56)45-51)73-63-28-12-10-26-61(63)72(62-27-11-13-29-64(62)73)52-34-33-46-17-4-5-20-49(46)43-52/h1-45H. The second-order valence-corrected chi connectivity index (χ2v) is 21.3. The summed E-state index contributed by atoms with van der Waals surface area (Å²) in [4.78, 5) is 0. The largest absolute Gasteiger partial charge is 0.309 e. The normalized spacial score (nSPS) is 11.9. The van der Waals surface area contributed by atoms with Gasteiger partial charge in [-0.25, -0.2) is 0 Å². The van der Waals surface area contributed by atoms with Gasteiger partial charge in [-0.3, -0.25) is 0 Å². The Morgan fingerprint density at radius 3 is 1.32 bits per heavy atom. The highest BCUT2D eigenvalue weighted by atomic mass is 32.1. The van der Waals surface area contributed by atoms with Crippen LogP contribution >= 0.6 is 11.3 Å². The average molecular weight is 980 g/mol. The summed E-state index contributed by atoms with van der Waals surface area (Å²) in [6.07, 6.45) is 0. The van der Waals surface area contributed by atoms with Gasteiger partial charge < -0.3 is 4.57 Å². The van der Waals surface area contributed by atoms with E-state index in [2.05, 4.69) is 278 Å². The van der Waals surface area contributed by atoms with Gasteiger partial charge in [-0.2, -0.15) is 0 Å². The number of hydrogen-bond acceptors (Lipinski definition) is 1. The van der Waals surface area contributed by atoms with Gasteiger partial charge in [0.05, 0.1) is 11.0 Å². The fraction of sp³-hybridized carbons (Fsp3) is 0. The quantitative estimate of drug-likeness (QED) is 0.146. The minimum Gasteiger partial charge on any atom is -0.309 e. The van der Waals surface area contributed by atoms with Gasteiger partial charge >= 0.3 is 0 Å². The van der Waals surface area contributed by atoms with Gasteiger partial charge in [0.25, 0.3) is 0 Å². The first-order valence-electron chi connectivity index (χ1n) is 26.2. The number of rotatable bonds is 6. The van der Waals surface area contributed by atoms with Crippen LogP contribution in [0.1, 0.15) is 0 Å². The fourth-order valence-electron chi connectivity index (χ4n) is 12.8. The van der Waals surface area contributed by atoms with E-state index in [-0.39, 0.29) is 0 Å². The molecule has 352 valence electrons. The van der Waals surface area contributed by atoms with Gasteiger partial charge in [0.1, 0.15) is 0 Å². The average Bonchev–Trinajstić information content (AvgIpc) is 4.10. The molecule has 76 heavy (non-hydrogen) atoms. The highest BCUT2D eigenvalue weighted by molar-refractivity contribution is 7.26. The maximum absolute atomic E-state index is 2.46. The predicted molar refractivity (Wildman–Crippen MR) is 328 cm³/mol. The Balaban J connectivity index is 0.823. The van der Waals surface area contributed by atoms with Gasteiger partial charge in [0.15, 0.2) is 0 Å². The molecule has 2 heteroatoms. The van der Waals surface area contributed by atoms with E-state index in [0.717, 1.165) is 5.69 Å². The van der Waals surface area contributed by atoms with Crippen LogP contribution in [0.15, 0.2) is 273 Å². The molecule has 2 heterocycles. The maximum Gasteiger partial charge on any atom is 0.0547 e. The van der Waals surface area contributed by atoms with Gasteiger partial charge in [0.2, 0.25) is 0 Å². The van der Waals surface area contributed by atoms with Crippen LogP contribution < -0.4 is 0 Å². The third-order valence-electron chi connectivity index (χ3n) is 16.2. The molecule has 0 atom stereocenters. The van der Waals surface area contributed by atoms with Crippen molar-refractivity contribution in [3.63, 3.8) is 0 Å². The first kappa shape index (κ1) is 42.9. The van der Waals surface area contributed by atoms with Gasteiger partial charge in [0, 0.05) is 42.2 Å². The lowest BCUT2D eigenvalue weighted by molar-refractivity contribution is 1.18. The molecule has 0 radical (unpaired) electrons. The predicted octanol–water partition coefficient (Wildman–Crippen LogP) is 21.3. The van der Waals surface area contributed by atoms with E-state index in [4.69, 9.17) is 0 Å². The van der Waals surface area contributed by atoms with E-state index in [1.54, 1.807) is 0 Å². The fourth-order valence-corrected chi connectivity index (χ4v) is 14.1. The van der Waals surface area contributed by atoms with Crippen molar-refractivity contribution >= 4 is 107 Å². The minimum absolute atomic E-state index is 1.14. The van der Waals surface area contributed by atoms with E-state index in [1.165, 1.54) is 151 Å². The van der Waals surface area contributed by atoms with Crippen molar-refractivity contribution in [1.29, 1.82) is 0 Å². The zero-order valence-electron chi connectivity index (χ0n) is 41.3. The van der Waals surface area contributed by atoms with Crippen LogP contribution in [0.3, 0.4) is 0 Å². The van der Waals surface area contributed by atoms with Crippen LogP contribution in [-0.2, 0) is 0 Å². The molecule has 16 aromatic rings. The van der Waals surface area contributed by atoms with E-state index in [9.17, 15) is 0 Å². The zero-order chi connectivity index (χ0) is 49.8. The molecule has 0 spiro atoms. The highest BCUT2D eigenvalue weighted by Gasteiger charge is 2.22. The third-order valence-corrected chi connectivity index (χ3v) is 17.4. The van der Waals surface area contributed by atoms with Gasteiger partial charge in [-0.15, -0.1) is 11.3 Å². The molecular weight excluding hydrogens is 935 g/mol. The van der Waals surface area contributed by atoms with Crippen LogP contribution in [0.2, 0.25) is 0 Å². The second kappa shape index (κ2) is 17.0. The van der Waals surface area contributed by atoms with Crippen molar-refractivity contribution < 1.29 is 0 Å². The highest BCUT2D eigenvalue weighted by Crippen LogP contribution is 2.49. The van der Waals surface area contributed by atoms with Crippen molar-refractivity contribution in [3.05, 3.63) is 273 Å². The summed E-state index contributed by atoms with van der Waals surface area (Å²) >= 11 is 1.91. The smallest absolute Gasteiger partial charge is 0.0547 e. The lowest BCUT2D eigenvalue weighted by Gasteiger charge is -2.18. The summed E-state index contributed by atoms with van der Waals surface area (Å²) in [5.74, 6) is 0. The van der Waals surface area contributed by atoms with Crippen LogP contribution in [0, 0.1) is 0 Å². The summed E-state index contributed by atoms with van der Waals surface area (Å²) in [5.41, 5.74) is 16.0. The minimum atomic E-state index is 1.14. The van der Waals surface area contributed by atoms with Crippen molar-refractivity contribution in [2.45, 2.75) is 0 Å². The molecule has 0 aliphatic rings. The number of para-hydroxylation sites is 1. The molecule has 1 nitrogen and oxygen atoms in total. The Kier molecular flexibility index (Phi) is 9.57. The van der Waals surface area contributed by atoms with E-state index < -0.39 is 0 Å². The van der Waals surface area contributed by atoms with Crippen molar-refractivity contribution in [1.82, 2.24) is 4.57 Å². The molecule has 0 saturated carbocycles. The molecule has 0 aliphatic carbocycles. The van der Waals surface area contributed by atoms with Crippen LogP contribution in [-0.4, -0.2) is 4.57 Å². The number of thiophene rings is 1. The molecular formula is C74H45NS. The molecule has 0 N–H and O–H groups in total. The Bertz CT molecular complexity index is 4920. The topological polar surface area (TPSA) is 4.93 Å². The summed E-state index contributed by atoms with van der Waals surface area (Å²) in [6, 6.07) is 101. The van der Waals surface area contributed by atoms with Crippen LogP contribution in [0.5, 0.6) is 0 Å². The molecule has 0 amide bonds. The maximum atomic E-state index is 2.46. The molecule has 0 saturated heterocycles. The molecule has 2 aromatic heterocycles. The molecule has 0 bridgehead atoms. The van der Waals surface area contributed by atoms with E-state index in [0.29, 0.717) is 0 Å². The first-order chi connectivity index (χ1) is 37.7. The second-order valence-electron chi connectivity index (χ2n) is 20.2. The third kappa shape index (κ3) is 6.51. The number of hydrogen-bond donors (Lipinski definition) is 0. The lowest BCUT2D eigenvalue weighted by atomic mass is 9.85. The monoisotopic (exact) mass is 979 g/mol. The van der Waals surface area contributed by atoms with Crippen molar-refractivity contribution in [2.24, 2.45) is 0 Å². The molecule has 14 aromatic carbocycles. The van der Waals surface area contributed by atoms with E-state index >= 15 is 0 Å². The van der Waals surface area contributed by atoms with Crippen LogP contribution in [0.25, 0.3) is 157 Å². The number of nitrogens with zero attached hydrogens (tertiary/aromatic N) is 1. The first-order valence-corrected chi connectivity index (χ1v) is 27.0. The van der Waals surface area contributed by atoms with Crippen molar-refractivity contribution in [3.8, 4) is 61.3 Å². The SMILES string of the molecule is c1ccc(-c2c3ccccc3c(-c3ccc(-n4c5ccccc5c5ccc(-c6ccc7c(c6)sc6c(-c8c9ccccc9c(-c9ccc%10ccccc%10c9)c9ccccc89)cccc67)cc54)cc3)c3ccccc23)cc1. The molecule has 0 aliphatic heterocycles. The Morgan fingerprint density at radius 1 is 0.237 bits per heavy atom. The number of aromatic nitrogens is 1. The zero-order valence-corrected chi connectivity index (χ0v) is 42.2. The van der Waals surface area contributed by atoms with Crippen LogP contribution in [0.4, 0.5) is 0 Å². The summed E-state index contributed by atoms with van der Waals surface area (Å²) in [5, 5.41) is 17.7. The summed E-state index contributed by atoms with van der Waals surface area (Å²) in [6.45, 7) is 0. The number of benzene rings is 14. The summed E-state index contributed by atoms with van der Waals surface area (Å²) < 4.78 is 5.06.